The first-order valence-corrected chi connectivity index (χ1v) is 8.56. The van der Waals surface area contributed by atoms with Crippen molar-refractivity contribution >= 4 is 16.9 Å². The molecule has 0 aliphatic heterocycles. The van der Waals surface area contributed by atoms with E-state index < -0.39 is 11.5 Å². The quantitative estimate of drug-likeness (QED) is 0.556. The van der Waals surface area contributed by atoms with Crippen LogP contribution in [0.4, 0.5) is 0 Å². The van der Waals surface area contributed by atoms with Gasteiger partial charge in [-0.2, -0.15) is 5.10 Å². The molecule has 0 unspecified atom stereocenters. The lowest BCUT2D eigenvalue weighted by molar-refractivity contribution is 0.0947. The van der Waals surface area contributed by atoms with Crippen molar-refractivity contribution in [2.24, 2.45) is 0 Å². The minimum Gasteiger partial charge on any atom is -0.422 e. The second-order valence-corrected chi connectivity index (χ2v) is 6.14. The van der Waals surface area contributed by atoms with Crippen molar-refractivity contribution in [2.45, 2.75) is 13.1 Å². The Bertz CT molecular complexity index is 1150. The van der Waals surface area contributed by atoms with E-state index >= 15 is 0 Å². The lowest BCUT2D eigenvalue weighted by Crippen LogP contribution is -2.28. The summed E-state index contributed by atoms with van der Waals surface area (Å²) in [5.74, 6) is -0.455. The number of hydrogen-bond donors (Lipinski definition) is 1. The molecule has 134 valence electrons. The van der Waals surface area contributed by atoms with Gasteiger partial charge in [0.1, 0.15) is 11.1 Å². The summed E-state index contributed by atoms with van der Waals surface area (Å²) in [6, 6.07) is 18.3. The number of hydrogen-bond acceptors (Lipinski definition) is 4. The Morgan fingerprint density at radius 1 is 1.04 bits per heavy atom. The van der Waals surface area contributed by atoms with Gasteiger partial charge in [0.15, 0.2) is 0 Å². The van der Waals surface area contributed by atoms with Crippen LogP contribution in [0.15, 0.2) is 82.3 Å². The number of fused-ring (bicyclic) bond motifs is 1. The fourth-order valence-electron chi connectivity index (χ4n) is 2.94. The van der Waals surface area contributed by atoms with Crippen LogP contribution in [0.1, 0.15) is 21.5 Å². The summed E-state index contributed by atoms with van der Waals surface area (Å²) >= 11 is 0. The van der Waals surface area contributed by atoms with E-state index in [0.717, 1.165) is 11.1 Å². The monoisotopic (exact) mass is 359 g/mol. The molecule has 6 heteroatoms. The molecule has 0 spiro atoms. The topological polar surface area (TPSA) is 77.1 Å². The Morgan fingerprint density at radius 2 is 1.81 bits per heavy atom. The highest BCUT2D eigenvalue weighted by Crippen LogP contribution is 2.13. The number of benzene rings is 2. The number of carbonyl (C=O) groups excluding carboxylic acids is 1. The molecule has 0 saturated heterocycles. The van der Waals surface area contributed by atoms with Crippen molar-refractivity contribution in [3.63, 3.8) is 0 Å². The first-order chi connectivity index (χ1) is 13.2. The molecular formula is C21H17N3O3. The van der Waals surface area contributed by atoms with E-state index in [9.17, 15) is 9.59 Å². The lowest BCUT2D eigenvalue weighted by atomic mass is 10.1. The van der Waals surface area contributed by atoms with Crippen molar-refractivity contribution in [2.75, 3.05) is 0 Å². The Hall–Kier alpha value is -3.67. The van der Waals surface area contributed by atoms with Crippen molar-refractivity contribution in [1.29, 1.82) is 0 Å². The summed E-state index contributed by atoms with van der Waals surface area (Å²) in [5, 5.41) is 7.73. The Kier molecular flexibility index (Phi) is 4.53. The molecule has 1 amide bonds. The second-order valence-electron chi connectivity index (χ2n) is 6.14. The lowest BCUT2D eigenvalue weighted by Gasteiger charge is -2.11. The zero-order valence-electron chi connectivity index (χ0n) is 14.5. The summed E-state index contributed by atoms with van der Waals surface area (Å²) in [6.07, 6.45) is 3.61. The zero-order valence-corrected chi connectivity index (χ0v) is 14.5. The normalized spacial score (nSPS) is 10.8. The van der Waals surface area contributed by atoms with Gasteiger partial charge in [0.25, 0.3) is 5.91 Å². The predicted molar refractivity (Wildman–Crippen MR) is 101 cm³/mol. The molecule has 4 aromatic rings. The molecule has 0 radical (unpaired) electrons. The highest BCUT2D eigenvalue weighted by molar-refractivity contribution is 5.96. The molecular weight excluding hydrogens is 342 g/mol. The number of para-hydroxylation sites is 1. The van der Waals surface area contributed by atoms with Crippen LogP contribution in [-0.4, -0.2) is 15.7 Å². The molecule has 0 atom stereocenters. The number of nitrogens with zero attached hydrogens (tertiary/aromatic N) is 2. The summed E-state index contributed by atoms with van der Waals surface area (Å²) in [5.41, 5.74) is 1.83. The number of nitrogens with one attached hydrogen (secondary N) is 1. The van der Waals surface area contributed by atoms with Crippen molar-refractivity contribution in [3.05, 3.63) is 100 Å². The fourth-order valence-corrected chi connectivity index (χ4v) is 2.94. The minimum absolute atomic E-state index is 0.00161. The van der Waals surface area contributed by atoms with Gasteiger partial charge in [0.2, 0.25) is 0 Å². The van der Waals surface area contributed by atoms with Gasteiger partial charge >= 0.3 is 5.63 Å². The third kappa shape index (κ3) is 3.64. The predicted octanol–water partition coefficient (Wildman–Crippen LogP) is 2.97. The molecule has 1 N–H and O–H groups in total. The molecule has 0 bridgehead atoms. The molecule has 4 rings (SSSR count). The van der Waals surface area contributed by atoms with E-state index in [0.29, 0.717) is 24.1 Å². The summed E-state index contributed by atoms with van der Waals surface area (Å²) in [4.78, 5) is 24.6. The van der Waals surface area contributed by atoms with Crippen molar-refractivity contribution in [3.8, 4) is 0 Å². The average Bonchev–Trinajstić information content (AvgIpc) is 3.19. The van der Waals surface area contributed by atoms with Crippen LogP contribution in [0.5, 0.6) is 0 Å². The molecule has 0 saturated carbocycles. The largest absolute Gasteiger partial charge is 0.422 e. The van der Waals surface area contributed by atoms with E-state index in [1.165, 1.54) is 0 Å². The van der Waals surface area contributed by atoms with Crippen LogP contribution in [0, 0.1) is 0 Å². The van der Waals surface area contributed by atoms with E-state index in [2.05, 4.69) is 10.4 Å². The Morgan fingerprint density at radius 3 is 2.63 bits per heavy atom. The minimum atomic E-state index is -0.643. The third-order valence-electron chi connectivity index (χ3n) is 4.34. The van der Waals surface area contributed by atoms with Gasteiger partial charge in [-0.25, -0.2) is 4.79 Å². The van der Waals surface area contributed by atoms with Crippen LogP contribution in [0.25, 0.3) is 11.0 Å². The highest BCUT2D eigenvalue weighted by Gasteiger charge is 2.14. The van der Waals surface area contributed by atoms with E-state index in [-0.39, 0.29) is 5.56 Å². The maximum Gasteiger partial charge on any atom is 0.349 e. The van der Waals surface area contributed by atoms with Gasteiger partial charge in [-0.3, -0.25) is 9.48 Å². The van der Waals surface area contributed by atoms with E-state index in [1.54, 1.807) is 30.5 Å². The van der Waals surface area contributed by atoms with Crippen LogP contribution in [0.2, 0.25) is 0 Å². The van der Waals surface area contributed by atoms with Gasteiger partial charge < -0.3 is 9.73 Å². The Balaban J connectivity index is 1.53. The Labute approximate surface area is 155 Å². The molecule has 0 aliphatic carbocycles. The van der Waals surface area contributed by atoms with Gasteiger partial charge in [0.05, 0.1) is 6.54 Å². The molecule has 2 aromatic carbocycles. The smallest absolute Gasteiger partial charge is 0.349 e. The maximum absolute atomic E-state index is 12.5. The fraction of sp³-hybridized carbons (Fsp3) is 0.0952. The van der Waals surface area contributed by atoms with Crippen LogP contribution < -0.4 is 10.9 Å². The number of amides is 1. The highest BCUT2D eigenvalue weighted by atomic mass is 16.4. The number of aromatic nitrogens is 2. The average molecular weight is 359 g/mol. The standard InChI is InChI=1S/C21H17N3O3/c25-20(18-12-15-6-3-4-9-19(15)27-21(18)26)22-13-16-7-1-2-8-17(16)14-24-11-5-10-23-24/h1-12H,13-14H2,(H,22,25). The van der Waals surface area contributed by atoms with Gasteiger partial charge in [-0.1, -0.05) is 42.5 Å². The van der Waals surface area contributed by atoms with E-state index in [1.807, 2.05) is 47.3 Å². The first kappa shape index (κ1) is 16.8. The number of carbonyl (C=O) groups is 1. The van der Waals surface area contributed by atoms with Crippen molar-refractivity contribution in [1.82, 2.24) is 15.1 Å². The first-order valence-electron chi connectivity index (χ1n) is 8.56. The summed E-state index contributed by atoms with van der Waals surface area (Å²) in [6.45, 7) is 0.916. The molecule has 2 aromatic heterocycles. The summed E-state index contributed by atoms with van der Waals surface area (Å²) < 4.78 is 7.05. The van der Waals surface area contributed by atoms with Gasteiger partial charge in [0, 0.05) is 24.3 Å². The van der Waals surface area contributed by atoms with Crippen LogP contribution >= 0.6 is 0 Å². The van der Waals surface area contributed by atoms with Crippen LogP contribution in [0.3, 0.4) is 0 Å². The van der Waals surface area contributed by atoms with Crippen molar-refractivity contribution < 1.29 is 9.21 Å². The van der Waals surface area contributed by atoms with Gasteiger partial charge in [-0.15, -0.1) is 0 Å². The molecule has 0 aliphatic rings. The molecule has 6 nitrogen and oxygen atoms in total. The zero-order chi connectivity index (χ0) is 18.6. The second kappa shape index (κ2) is 7.29. The maximum atomic E-state index is 12.5. The van der Waals surface area contributed by atoms with Gasteiger partial charge in [-0.05, 0) is 29.3 Å². The SMILES string of the molecule is O=C(NCc1ccccc1Cn1cccn1)c1cc2ccccc2oc1=O. The summed E-state index contributed by atoms with van der Waals surface area (Å²) in [7, 11) is 0. The molecule has 27 heavy (non-hydrogen) atoms. The molecule has 2 heterocycles. The van der Waals surface area contributed by atoms with E-state index in [4.69, 9.17) is 4.42 Å². The van der Waals surface area contributed by atoms with Crippen LogP contribution in [-0.2, 0) is 13.1 Å². The molecule has 0 fully saturated rings. The third-order valence-corrected chi connectivity index (χ3v) is 4.34. The number of rotatable bonds is 5.